The van der Waals surface area contributed by atoms with Crippen molar-refractivity contribution in [3.8, 4) is 0 Å². The van der Waals surface area contributed by atoms with Crippen LogP contribution in [0.2, 0.25) is 0 Å². The fourth-order valence-electron chi connectivity index (χ4n) is 3.31. The maximum Gasteiger partial charge on any atom is 0.265 e. The first-order valence-electron chi connectivity index (χ1n) is 9.02. The second kappa shape index (κ2) is 7.41. The third-order valence-corrected chi connectivity index (χ3v) is 7.47. The van der Waals surface area contributed by atoms with Crippen molar-refractivity contribution in [1.29, 1.82) is 0 Å². The topological polar surface area (TPSA) is 66.5 Å². The number of benzene rings is 2. The van der Waals surface area contributed by atoms with Gasteiger partial charge in [-0.25, -0.2) is 8.42 Å². The van der Waals surface area contributed by atoms with E-state index < -0.39 is 10.0 Å². The second-order valence-corrected chi connectivity index (χ2v) is 9.58. The summed E-state index contributed by atoms with van der Waals surface area (Å²) in [5.74, 6) is -0.196. The maximum atomic E-state index is 13.2. The molecule has 144 valence electrons. The zero-order valence-electron chi connectivity index (χ0n) is 15.4. The van der Waals surface area contributed by atoms with Gasteiger partial charge in [0.15, 0.2) is 0 Å². The predicted molar refractivity (Wildman–Crippen MR) is 113 cm³/mol. The van der Waals surface area contributed by atoms with Crippen LogP contribution in [0.15, 0.2) is 64.9 Å². The van der Waals surface area contributed by atoms with Gasteiger partial charge >= 0.3 is 0 Å². The average molecular weight is 413 g/mol. The normalized spacial score (nSPS) is 13.8. The van der Waals surface area contributed by atoms with E-state index in [4.69, 9.17) is 0 Å². The van der Waals surface area contributed by atoms with Gasteiger partial charge in [0.2, 0.25) is 0 Å². The molecule has 2 heterocycles. The first-order valence-corrected chi connectivity index (χ1v) is 11.3. The molecule has 0 atom stereocenters. The van der Waals surface area contributed by atoms with Crippen molar-refractivity contribution in [2.45, 2.75) is 24.7 Å². The molecule has 1 aliphatic rings. The smallest absolute Gasteiger partial charge is 0.265 e. The number of aryl methyl sites for hydroxylation is 2. The Morgan fingerprint density at radius 1 is 1.11 bits per heavy atom. The van der Waals surface area contributed by atoms with Gasteiger partial charge < -0.3 is 5.32 Å². The zero-order valence-corrected chi connectivity index (χ0v) is 17.0. The van der Waals surface area contributed by atoms with E-state index in [1.165, 1.54) is 15.6 Å². The SMILES string of the molecule is Cc1ccc(S(=O)(=O)N2CCCc3ccc(NC(=O)c4cccs4)cc32)cc1. The van der Waals surface area contributed by atoms with E-state index in [2.05, 4.69) is 5.32 Å². The number of rotatable bonds is 4. The number of anilines is 2. The molecule has 1 amide bonds. The fraction of sp³-hybridized carbons (Fsp3) is 0.190. The lowest BCUT2D eigenvalue weighted by molar-refractivity contribution is 0.103. The summed E-state index contributed by atoms with van der Waals surface area (Å²) >= 11 is 1.36. The van der Waals surface area contributed by atoms with Gasteiger partial charge in [0.05, 0.1) is 15.5 Å². The molecule has 0 aliphatic carbocycles. The minimum absolute atomic E-state index is 0.196. The molecule has 2 aromatic carbocycles. The van der Waals surface area contributed by atoms with E-state index in [-0.39, 0.29) is 10.8 Å². The molecule has 1 aromatic heterocycles. The molecule has 4 rings (SSSR count). The molecule has 28 heavy (non-hydrogen) atoms. The summed E-state index contributed by atoms with van der Waals surface area (Å²) in [6.07, 6.45) is 1.58. The van der Waals surface area contributed by atoms with Gasteiger partial charge in [0.1, 0.15) is 0 Å². The number of carbonyl (C=O) groups is 1. The molecular formula is C21H20N2O3S2. The standard InChI is InChI=1S/C21H20N2O3S2/c1-15-6-10-18(11-7-15)28(25,26)23-12-2-4-16-8-9-17(14-19(16)23)22-21(24)20-5-3-13-27-20/h3,5-11,13-14H,2,4,12H2,1H3,(H,22,24). The molecular weight excluding hydrogens is 392 g/mol. The van der Waals surface area contributed by atoms with Gasteiger partial charge in [-0.2, -0.15) is 0 Å². The van der Waals surface area contributed by atoms with Gasteiger partial charge in [-0.05, 0) is 61.0 Å². The largest absolute Gasteiger partial charge is 0.321 e. The van der Waals surface area contributed by atoms with Crippen LogP contribution >= 0.6 is 11.3 Å². The Morgan fingerprint density at radius 3 is 2.61 bits per heavy atom. The molecule has 5 nitrogen and oxygen atoms in total. The maximum absolute atomic E-state index is 13.2. The third-order valence-electron chi connectivity index (χ3n) is 4.77. The van der Waals surface area contributed by atoms with Crippen molar-refractivity contribution in [1.82, 2.24) is 0 Å². The van der Waals surface area contributed by atoms with Crippen molar-refractivity contribution in [3.05, 3.63) is 76.0 Å². The minimum atomic E-state index is -3.66. The summed E-state index contributed by atoms with van der Waals surface area (Å²) in [4.78, 5) is 13.2. The Morgan fingerprint density at radius 2 is 1.89 bits per heavy atom. The Kier molecular flexibility index (Phi) is 4.95. The molecule has 0 unspecified atom stereocenters. The van der Waals surface area contributed by atoms with Crippen molar-refractivity contribution < 1.29 is 13.2 Å². The highest BCUT2D eigenvalue weighted by Gasteiger charge is 2.29. The summed E-state index contributed by atoms with van der Waals surface area (Å²) < 4.78 is 27.9. The molecule has 0 radical (unpaired) electrons. The van der Waals surface area contributed by atoms with E-state index in [1.54, 1.807) is 36.4 Å². The van der Waals surface area contributed by atoms with Crippen LogP contribution in [0.25, 0.3) is 0 Å². The van der Waals surface area contributed by atoms with Crippen LogP contribution in [0.1, 0.15) is 27.2 Å². The molecule has 7 heteroatoms. The number of hydrogen-bond acceptors (Lipinski definition) is 4. The second-order valence-electron chi connectivity index (χ2n) is 6.77. The molecule has 0 saturated heterocycles. The van der Waals surface area contributed by atoms with Crippen LogP contribution < -0.4 is 9.62 Å². The number of nitrogens with zero attached hydrogens (tertiary/aromatic N) is 1. The van der Waals surface area contributed by atoms with E-state index in [0.29, 0.717) is 22.8 Å². The summed E-state index contributed by atoms with van der Waals surface area (Å²) in [6, 6.07) is 15.9. The Labute approximate surface area is 168 Å². The lowest BCUT2D eigenvalue weighted by atomic mass is 10.0. The highest BCUT2D eigenvalue weighted by molar-refractivity contribution is 7.92. The first-order chi connectivity index (χ1) is 13.4. The quantitative estimate of drug-likeness (QED) is 0.688. The van der Waals surface area contributed by atoms with Crippen molar-refractivity contribution in [3.63, 3.8) is 0 Å². The average Bonchev–Trinajstić information content (AvgIpc) is 3.23. The van der Waals surface area contributed by atoms with Gasteiger partial charge in [-0.1, -0.05) is 29.8 Å². The minimum Gasteiger partial charge on any atom is -0.321 e. The van der Waals surface area contributed by atoms with Crippen LogP contribution in [0.3, 0.4) is 0 Å². The highest BCUT2D eigenvalue weighted by Crippen LogP contribution is 2.34. The molecule has 0 fully saturated rings. The van der Waals surface area contributed by atoms with Crippen molar-refractivity contribution in [2.24, 2.45) is 0 Å². The summed E-state index contributed by atoms with van der Waals surface area (Å²) in [5, 5.41) is 4.71. The third kappa shape index (κ3) is 3.55. The van der Waals surface area contributed by atoms with Gasteiger partial charge in [0.25, 0.3) is 15.9 Å². The fourth-order valence-corrected chi connectivity index (χ4v) is 5.46. The van der Waals surface area contributed by atoms with Gasteiger partial charge in [0, 0.05) is 12.2 Å². The van der Waals surface area contributed by atoms with E-state index >= 15 is 0 Å². The number of nitrogens with one attached hydrogen (secondary N) is 1. The number of hydrogen-bond donors (Lipinski definition) is 1. The number of sulfonamides is 1. The van der Waals surface area contributed by atoms with E-state index in [9.17, 15) is 13.2 Å². The summed E-state index contributed by atoms with van der Waals surface area (Å²) in [5.41, 5.74) is 3.20. The monoisotopic (exact) mass is 412 g/mol. The molecule has 0 saturated carbocycles. The van der Waals surface area contributed by atoms with Crippen LogP contribution in [0.5, 0.6) is 0 Å². The number of thiophene rings is 1. The van der Waals surface area contributed by atoms with E-state index in [1.807, 2.05) is 30.5 Å². The number of fused-ring (bicyclic) bond motifs is 1. The molecule has 3 aromatic rings. The summed E-state index contributed by atoms with van der Waals surface area (Å²) in [7, 11) is -3.66. The Balaban J connectivity index is 1.68. The van der Waals surface area contributed by atoms with Crippen molar-refractivity contribution >= 4 is 38.6 Å². The van der Waals surface area contributed by atoms with Crippen molar-refractivity contribution in [2.75, 3.05) is 16.2 Å². The highest BCUT2D eigenvalue weighted by atomic mass is 32.2. The lowest BCUT2D eigenvalue weighted by Gasteiger charge is -2.31. The van der Waals surface area contributed by atoms with Crippen LogP contribution in [0, 0.1) is 6.92 Å². The molecule has 0 spiro atoms. The van der Waals surface area contributed by atoms with Crippen LogP contribution in [-0.4, -0.2) is 20.9 Å². The first kappa shape index (κ1) is 18.7. The predicted octanol–water partition coefficient (Wildman–Crippen LogP) is 4.45. The number of carbonyl (C=O) groups excluding carboxylic acids is 1. The number of amides is 1. The zero-order chi connectivity index (χ0) is 19.7. The summed E-state index contributed by atoms with van der Waals surface area (Å²) in [6.45, 7) is 2.35. The molecule has 1 N–H and O–H groups in total. The van der Waals surface area contributed by atoms with Gasteiger partial charge in [-0.15, -0.1) is 11.3 Å². The van der Waals surface area contributed by atoms with Gasteiger partial charge in [-0.3, -0.25) is 9.10 Å². The molecule has 0 bridgehead atoms. The molecule has 1 aliphatic heterocycles. The Hall–Kier alpha value is -2.64. The van der Waals surface area contributed by atoms with E-state index in [0.717, 1.165) is 24.0 Å². The Bertz CT molecular complexity index is 1110. The lowest BCUT2D eigenvalue weighted by Crippen LogP contribution is -2.35. The van der Waals surface area contributed by atoms with Crippen LogP contribution in [0.4, 0.5) is 11.4 Å². The van der Waals surface area contributed by atoms with Crippen LogP contribution in [-0.2, 0) is 16.4 Å².